The summed E-state index contributed by atoms with van der Waals surface area (Å²) < 4.78 is 115. The van der Waals surface area contributed by atoms with Crippen LogP contribution < -0.4 is 5.19 Å². The molecule has 0 bridgehead atoms. The highest BCUT2D eigenvalue weighted by molar-refractivity contribution is 7.47. The lowest BCUT2D eigenvalue weighted by molar-refractivity contribution is -0.174. The fourth-order valence-electron chi connectivity index (χ4n) is 2.03. The summed E-state index contributed by atoms with van der Waals surface area (Å²) in [5, 5.41) is -12.5. The van der Waals surface area contributed by atoms with Gasteiger partial charge in [-0.3, -0.25) is 14.4 Å². The van der Waals surface area contributed by atoms with E-state index in [0.29, 0.717) is 12.1 Å². The molecule has 0 aliphatic rings. The Hall–Kier alpha value is -2.18. The Morgan fingerprint density at radius 2 is 0.880 bits per heavy atom. The van der Waals surface area contributed by atoms with Crippen molar-refractivity contribution in [3.05, 3.63) is 30.3 Å². The van der Waals surface area contributed by atoms with Crippen molar-refractivity contribution in [2.75, 3.05) is 0 Å². The number of hydrogen-bond acceptors (Lipinski definition) is 3. The van der Waals surface area contributed by atoms with Crippen molar-refractivity contribution in [1.82, 2.24) is 0 Å². The minimum atomic E-state index is -7.18. The third-order valence-electron chi connectivity index (χ3n) is 3.00. The molecule has 1 rings (SSSR count). The van der Waals surface area contributed by atoms with Crippen LogP contribution in [0.2, 0.25) is 0 Å². The normalized spacial score (nSPS) is 13.5. The van der Waals surface area contributed by atoms with E-state index in [-0.39, 0.29) is 12.1 Å². The highest BCUT2D eigenvalue weighted by Gasteiger charge is 2.75. The molecule has 0 aliphatic heterocycles. The molecule has 3 nitrogen and oxygen atoms in total. The lowest BCUT2D eigenvalue weighted by atomic mass is 10.4. The second kappa shape index (κ2) is 6.27. The molecule has 0 N–H and O–H groups in total. The molecular weight excluding hydrogens is 391 g/mol. The van der Waals surface area contributed by atoms with E-state index in [2.05, 4.69) is 0 Å². The average molecular weight is 396 g/mol. The SMILES string of the molecule is O=C(C(F)(F)F)[Si](C(=O)C(F)(F)F)(C(=O)C(F)(F)F)c1ccccc1. The molecule has 0 spiro atoms. The van der Waals surface area contributed by atoms with E-state index in [1.54, 1.807) is 0 Å². The van der Waals surface area contributed by atoms with E-state index in [1.165, 1.54) is 0 Å². The van der Waals surface area contributed by atoms with Crippen molar-refractivity contribution in [3.63, 3.8) is 0 Å². The standard InChI is InChI=1S/C12H5F9O3Si/c13-10(14,15)7(22)25(8(23)11(16,17)18,9(24)12(19,20)21)6-4-2-1-3-5-6/h1-5H. The Morgan fingerprint density at radius 3 is 1.12 bits per heavy atom. The van der Waals surface area contributed by atoms with E-state index >= 15 is 0 Å². The molecule has 0 aromatic heterocycles. The Balaban J connectivity index is 4.00. The number of rotatable bonds is 4. The summed E-state index contributed by atoms with van der Waals surface area (Å²) in [4.78, 5) is 34.7. The Morgan fingerprint density at radius 1 is 0.600 bits per heavy atom. The van der Waals surface area contributed by atoms with Crippen molar-refractivity contribution < 1.29 is 53.9 Å². The predicted octanol–water partition coefficient (Wildman–Crippen LogP) is 2.35. The molecule has 0 atom stereocenters. The smallest absolute Gasteiger partial charge is 0.294 e. The molecular formula is C12H5F9O3Si. The number of alkyl halides is 9. The Bertz CT molecular complexity index is 624. The molecule has 0 aliphatic carbocycles. The van der Waals surface area contributed by atoms with Gasteiger partial charge in [0.2, 0.25) is 16.2 Å². The second-order valence-corrected chi connectivity index (χ2v) is 8.04. The average Bonchev–Trinajstić information content (AvgIpc) is 2.45. The molecule has 13 heteroatoms. The monoisotopic (exact) mass is 396 g/mol. The first-order valence-corrected chi connectivity index (χ1v) is 7.97. The molecule has 138 valence electrons. The van der Waals surface area contributed by atoms with E-state index in [4.69, 9.17) is 0 Å². The van der Waals surface area contributed by atoms with Gasteiger partial charge in [0.25, 0.3) is 0 Å². The summed E-state index contributed by atoms with van der Waals surface area (Å²) in [5.41, 5.74) is 0. The lowest BCUT2D eigenvalue weighted by Gasteiger charge is -2.29. The fourth-order valence-corrected chi connectivity index (χ4v) is 5.40. The molecule has 0 unspecified atom stereocenters. The maximum atomic E-state index is 12.8. The molecule has 0 saturated heterocycles. The largest absolute Gasteiger partial charge is 0.446 e. The Labute approximate surface area is 133 Å². The molecule has 0 heterocycles. The van der Waals surface area contributed by atoms with Crippen LogP contribution in [0, 0.1) is 0 Å². The summed E-state index contributed by atoms with van der Waals surface area (Å²) in [6.45, 7) is 0. The summed E-state index contributed by atoms with van der Waals surface area (Å²) in [7, 11) is -7.18. The second-order valence-electron chi connectivity index (χ2n) is 4.60. The van der Waals surface area contributed by atoms with Crippen LogP contribution in [0.4, 0.5) is 39.5 Å². The van der Waals surface area contributed by atoms with Gasteiger partial charge in [-0.05, 0) is 5.19 Å². The summed E-state index contributed by atoms with van der Waals surface area (Å²) in [6, 6.07) is 2.96. The van der Waals surface area contributed by atoms with Crippen LogP contribution in [-0.4, -0.2) is 42.8 Å². The molecule has 0 fully saturated rings. The van der Waals surface area contributed by atoms with E-state index in [1.807, 2.05) is 0 Å². The minimum Gasteiger partial charge on any atom is -0.294 e. The summed E-state index contributed by atoms with van der Waals surface area (Å²) in [6.07, 6.45) is -18.8. The number of halogens is 9. The topological polar surface area (TPSA) is 51.2 Å². The van der Waals surface area contributed by atoms with E-state index in [0.717, 1.165) is 6.07 Å². The number of benzene rings is 1. The molecule has 0 radical (unpaired) electrons. The van der Waals surface area contributed by atoms with Crippen LogP contribution in [-0.2, 0) is 14.4 Å². The van der Waals surface area contributed by atoms with Gasteiger partial charge in [-0.15, -0.1) is 0 Å². The predicted molar refractivity (Wildman–Crippen MR) is 65.0 cm³/mol. The first kappa shape index (κ1) is 20.9. The van der Waals surface area contributed by atoms with Crippen molar-refractivity contribution >= 4 is 29.5 Å². The van der Waals surface area contributed by atoms with Gasteiger partial charge in [-0.2, -0.15) is 39.5 Å². The first-order valence-electron chi connectivity index (χ1n) is 5.97. The van der Waals surface area contributed by atoms with Crippen LogP contribution >= 0.6 is 0 Å². The van der Waals surface area contributed by atoms with Gasteiger partial charge in [-0.1, -0.05) is 30.3 Å². The van der Waals surface area contributed by atoms with Gasteiger partial charge < -0.3 is 0 Å². The molecule has 0 amide bonds. The minimum absolute atomic E-state index is 0.281. The van der Waals surface area contributed by atoms with Gasteiger partial charge in [-0.25, -0.2) is 0 Å². The van der Waals surface area contributed by atoms with Crippen LogP contribution in [0.1, 0.15) is 0 Å². The molecule has 25 heavy (non-hydrogen) atoms. The van der Waals surface area contributed by atoms with E-state index in [9.17, 15) is 53.9 Å². The van der Waals surface area contributed by atoms with E-state index < -0.39 is 48.0 Å². The molecule has 1 aromatic carbocycles. The first-order chi connectivity index (χ1) is 11.1. The highest BCUT2D eigenvalue weighted by atomic mass is 28.3. The van der Waals surface area contributed by atoms with Crippen molar-refractivity contribution in [2.24, 2.45) is 0 Å². The summed E-state index contributed by atoms with van der Waals surface area (Å²) in [5.74, 6) is 0. The third kappa shape index (κ3) is 3.75. The highest BCUT2D eigenvalue weighted by Crippen LogP contribution is 2.34. The van der Waals surface area contributed by atoms with Crippen molar-refractivity contribution in [3.8, 4) is 0 Å². The zero-order valence-corrected chi connectivity index (χ0v) is 12.5. The zero-order chi connectivity index (χ0) is 19.8. The zero-order valence-electron chi connectivity index (χ0n) is 11.5. The molecule has 1 aromatic rings. The maximum Gasteiger partial charge on any atom is 0.446 e. The third-order valence-corrected chi connectivity index (χ3v) is 7.09. The number of carbonyl (C=O) groups excluding carboxylic acids is 3. The van der Waals surface area contributed by atoms with Gasteiger partial charge in [0, 0.05) is 0 Å². The quantitative estimate of drug-likeness (QED) is 0.580. The van der Waals surface area contributed by atoms with Gasteiger partial charge >= 0.3 is 26.6 Å². The maximum absolute atomic E-state index is 12.8. The fraction of sp³-hybridized carbons (Fsp3) is 0.250. The summed E-state index contributed by atoms with van der Waals surface area (Å²) >= 11 is 0. The van der Waals surface area contributed by atoms with Gasteiger partial charge in [0.1, 0.15) is 0 Å². The van der Waals surface area contributed by atoms with Crippen molar-refractivity contribution in [1.29, 1.82) is 0 Å². The van der Waals surface area contributed by atoms with Crippen LogP contribution in [0.15, 0.2) is 30.3 Å². The lowest BCUT2D eigenvalue weighted by Crippen LogP contribution is -2.76. The van der Waals surface area contributed by atoms with Crippen LogP contribution in [0.3, 0.4) is 0 Å². The van der Waals surface area contributed by atoms with Gasteiger partial charge in [0.15, 0.2) is 0 Å². The molecule has 0 saturated carbocycles. The number of hydrogen-bond donors (Lipinski definition) is 0. The number of carbonyl (C=O) groups is 3. The Kier molecular flexibility index (Phi) is 5.24. The van der Waals surface area contributed by atoms with Crippen molar-refractivity contribution in [2.45, 2.75) is 18.5 Å². The van der Waals surface area contributed by atoms with Crippen LogP contribution in [0.5, 0.6) is 0 Å². The van der Waals surface area contributed by atoms with Crippen LogP contribution in [0.25, 0.3) is 0 Å². The van der Waals surface area contributed by atoms with Gasteiger partial charge in [0.05, 0.1) is 0 Å².